The summed E-state index contributed by atoms with van der Waals surface area (Å²) in [6, 6.07) is 0. The molecule has 1 aliphatic rings. The third-order valence-electron chi connectivity index (χ3n) is 1.64. The standard InChI is InChI=1S/C6H6F4O2/c1-3(11)12-4-2-5(7,8)6(4,9)10/h4H,2H2,1H3. The summed E-state index contributed by atoms with van der Waals surface area (Å²) in [5.41, 5.74) is 0. The van der Waals surface area contributed by atoms with Crippen LogP contribution >= 0.6 is 0 Å². The lowest BCUT2D eigenvalue weighted by atomic mass is 9.85. The Morgan fingerprint density at radius 3 is 2.17 bits per heavy atom. The third kappa shape index (κ3) is 1.15. The largest absolute Gasteiger partial charge is 0.456 e. The second-order valence-corrected chi connectivity index (χ2v) is 2.63. The maximum Gasteiger partial charge on any atom is 0.346 e. The van der Waals surface area contributed by atoms with Crippen LogP contribution in [0, 0.1) is 0 Å². The molecule has 0 N–H and O–H groups in total. The monoisotopic (exact) mass is 186 g/mol. The fraction of sp³-hybridized carbons (Fsp3) is 0.833. The summed E-state index contributed by atoms with van der Waals surface area (Å²) in [4.78, 5) is 10.1. The van der Waals surface area contributed by atoms with Crippen LogP contribution in [0.2, 0.25) is 0 Å². The summed E-state index contributed by atoms with van der Waals surface area (Å²) in [7, 11) is 0. The molecule has 1 rings (SSSR count). The van der Waals surface area contributed by atoms with Crippen LogP contribution < -0.4 is 0 Å². The highest BCUT2D eigenvalue weighted by atomic mass is 19.3. The Labute approximate surface area is 65.5 Å². The Hall–Kier alpha value is -0.810. The molecule has 0 heterocycles. The zero-order valence-corrected chi connectivity index (χ0v) is 6.11. The molecule has 6 heteroatoms. The Bertz CT molecular complexity index is 214. The molecular weight excluding hydrogens is 180 g/mol. The first-order valence-electron chi connectivity index (χ1n) is 3.20. The lowest BCUT2D eigenvalue weighted by Gasteiger charge is -2.42. The number of alkyl halides is 4. The zero-order chi connectivity index (χ0) is 9.57. The van der Waals surface area contributed by atoms with E-state index in [-0.39, 0.29) is 0 Å². The van der Waals surface area contributed by atoms with Crippen molar-refractivity contribution in [3.63, 3.8) is 0 Å². The van der Waals surface area contributed by atoms with Crippen molar-refractivity contribution in [1.29, 1.82) is 0 Å². The molecule has 0 amide bonds. The molecule has 0 aromatic heterocycles. The molecule has 70 valence electrons. The minimum absolute atomic E-state index is 0.895. The van der Waals surface area contributed by atoms with Crippen LogP contribution in [0.25, 0.3) is 0 Å². The van der Waals surface area contributed by atoms with Crippen LogP contribution in [-0.4, -0.2) is 23.9 Å². The van der Waals surface area contributed by atoms with Crippen molar-refractivity contribution in [2.45, 2.75) is 31.3 Å². The van der Waals surface area contributed by atoms with Gasteiger partial charge >= 0.3 is 17.8 Å². The van der Waals surface area contributed by atoms with Gasteiger partial charge in [0.2, 0.25) is 0 Å². The molecule has 1 unspecified atom stereocenters. The van der Waals surface area contributed by atoms with Gasteiger partial charge in [0, 0.05) is 6.92 Å². The van der Waals surface area contributed by atoms with Crippen molar-refractivity contribution in [1.82, 2.24) is 0 Å². The summed E-state index contributed by atoms with van der Waals surface area (Å²) in [6.45, 7) is 0.895. The molecule has 0 spiro atoms. The first-order chi connectivity index (χ1) is 5.27. The molecule has 1 aliphatic carbocycles. The van der Waals surface area contributed by atoms with Gasteiger partial charge < -0.3 is 4.74 Å². The maximum atomic E-state index is 12.3. The van der Waals surface area contributed by atoms with Gasteiger partial charge in [-0.2, -0.15) is 17.6 Å². The average Bonchev–Trinajstić information content (AvgIpc) is 1.85. The summed E-state index contributed by atoms with van der Waals surface area (Å²) in [5.74, 6) is -9.22. The molecular formula is C6H6F4O2. The SMILES string of the molecule is CC(=O)OC1CC(F)(F)C1(F)F. The Morgan fingerprint density at radius 2 is 1.92 bits per heavy atom. The summed E-state index contributed by atoms with van der Waals surface area (Å²) >= 11 is 0. The van der Waals surface area contributed by atoms with E-state index in [2.05, 4.69) is 4.74 Å². The highest BCUT2D eigenvalue weighted by Crippen LogP contribution is 2.52. The van der Waals surface area contributed by atoms with E-state index < -0.39 is 30.3 Å². The number of hydrogen-bond donors (Lipinski definition) is 0. The van der Waals surface area contributed by atoms with Gasteiger partial charge in [0.1, 0.15) is 0 Å². The Balaban J connectivity index is 2.60. The minimum Gasteiger partial charge on any atom is -0.456 e. The number of halogens is 4. The lowest BCUT2D eigenvalue weighted by Crippen LogP contribution is -2.63. The first kappa shape index (κ1) is 9.28. The van der Waals surface area contributed by atoms with Crippen LogP contribution in [0.1, 0.15) is 13.3 Å². The number of carbonyl (C=O) groups excluding carboxylic acids is 1. The van der Waals surface area contributed by atoms with E-state index in [0.29, 0.717) is 0 Å². The first-order valence-corrected chi connectivity index (χ1v) is 3.20. The number of rotatable bonds is 1. The van der Waals surface area contributed by atoms with E-state index in [9.17, 15) is 22.4 Å². The van der Waals surface area contributed by atoms with E-state index in [1.165, 1.54) is 0 Å². The minimum atomic E-state index is -4.21. The lowest BCUT2D eigenvalue weighted by molar-refractivity contribution is -0.333. The quantitative estimate of drug-likeness (QED) is 0.459. The molecule has 2 nitrogen and oxygen atoms in total. The van der Waals surface area contributed by atoms with Crippen LogP contribution in [0.4, 0.5) is 17.6 Å². The van der Waals surface area contributed by atoms with Gasteiger partial charge in [0.15, 0.2) is 6.10 Å². The summed E-state index contributed by atoms with van der Waals surface area (Å²) < 4.78 is 52.7. The number of hydrogen-bond acceptors (Lipinski definition) is 2. The molecule has 0 radical (unpaired) electrons. The van der Waals surface area contributed by atoms with Gasteiger partial charge in [0.05, 0.1) is 6.42 Å². The fourth-order valence-corrected chi connectivity index (χ4v) is 0.918. The van der Waals surface area contributed by atoms with Crippen LogP contribution in [0.3, 0.4) is 0 Å². The van der Waals surface area contributed by atoms with Crippen molar-refractivity contribution >= 4 is 5.97 Å². The maximum absolute atomic E-state index is 12.3. The molecule has 0 bridgehead atoms. The average molecular weight is 186 g/mol. The molecule has 0 aromatic carbocycles. The van der Waals surface area contributed by atoms with Crippen molar-refractivity contribution in [3.05, 3.63) is 0 Å². The Morgan fingerprint density at radius 1 is 1.42 bits per heavy atom. The molecule has 1 fully saturated rings. The molecule has 12 heavy (non-hydrogen) atoms. The van der Waals surface area contributed by atoms with Crippen molar-refractivity contribution < 1.29 is 27.1 Å². The van der Waals surface area contributed by atoms with E-state index in [1.807, 2.05) is 0 Å². The second kappa shape index (κ2) is 2.34. The van der Waals surface area contributed by atoms with Gasteiger partial charge in [-0.1, -0.05) is 0 Å². The zero-order valence-electron chi connectivity index (χ0n) is 6.11. The van der Waals surface area contributed by atoms with E-state index >= 15 is 0 Å². The second-order valence-electron chi connectivity index (χ2n) is 2.63. The van der Waals surface area contributed by atoms with Gasteiger partial charge in [0.25, 0.3) is 0 Å². The summed E-state index contributed by atoms with van der Waals surface area (Å²) in [6.07, 6.45) is -3.07. The number of carbonyl (C=O) groups is 1. The molecule has 0 saturated heterocycles. The summed E-state index contributed by atoms with van der Waals surface area (Å²) in [5, 5.41) is 0. The van der Waals surface area contributed by atoms with Gasteiger partial charge in [-0.15, -0.1) is 0 Å². The van der Waals surface area contributed by atoms with E-state index in [4.69, 9.17) is 0 Å². The molecule has 0 aromatic rings. The predicted octanol–water partition coefficient (Wildman–Crippen LogP) is 1.59. The fourth-order valence-electron chi connectivity index (χ4n) is 0.918. The van der Waals surface area contributed by atoms with Crippen molar-refractivity contribution in [3.8, 4) is 0 Å². The van der Waals surface area contributed by atoms with Gasteiger partial charge in [-0.05, 0) is 0 Å². The normalized spacial score (nSPS) is 30.6. The molecule has 1 saturated carbocycles. The smallest absolute Gasteiger partial charge is 0.346 e. The van der Waals surface area contributed by atoms with Crippen molar-refractivity contribution in [2.75, 3.05) is 0 Å². The third-order valence-corrected chi connectivity index (χ3v) is 1.64. The number of ether oxygens (including phenoxy) is 1. The van der Waals surface area contributed by atoms with Crippen LogP contribution in [0.5, 0.6) is 0 Å². The van der Waals surface area contributed by atoms with E-state index in [0.717, 1.165) is 6.92 Å². The topological polar surface area (TPSA) is 26.3 Å². The van der Waals surface area contributed by atoms with Crippen LogP contribution in [0.15, 0.2) is 0 Å². The molecule has 0 aliphatic heterocycles. The highest BCUT2D eigenvalue weighted by molar-refractivity contribution is 5.66. The molecule has 1 atom stereocenters. The van der Waals surface area contributed by atoms with Crippen molar-refractivity contribution in [2.24, 2.45) is 0 Å². The van der Waals surface area contributed by atoms with Gasteiger partial charge in [-0.25, -0.2) is 0 Å². The Kier molecular flexibility index (Phi) is 1.81. The van der Waals surface area contributed by atoms with Gasteiger partial charge in [-0.3, -0.25) is 4.79 Å². The predicted molar refractivity (Wildman–Crippen MR) is 30.1 cm³/mol. The van der Waals surface area contributed by atoms with Crippen LogP contribution in [-0.2, 0) is 9.53 Å². The highest BCUT2D eigenvalue weighted by Gasteiger charge is 2.73. The van der Waals surface area contributed by atoms with E-state index in [1.54, 1.807) is 0 Å². The number of esters is 1.